The van der Waals surface area contributed by atoms with Gasteiger partial charge in [0.15, 0.2) is 0 Å². The van der Waals surface area contributed by atoms with Crippen molar-refractivity contribution in [2.24, 2.45) is 5.92 Å². The van der Waals surface area contributed by atoms with Crippen LogP contribution in [0.2, 0.25) is 5.02 Å². The highest BCUT2D eigenvalue weighted by Crippen LogP contribution is 2.26. The molecule has 0 saturated carbocycles. The second-order valence-electron chi connectivity index (χ2n) is 5.46. The fourth-order valence-electron chi connectivity index (χ4n) is 2.52. The summed E-state index contributed by atoms with van der Waals surface area (Å²) in [6, 6.07) is 7.04. The second-order valence-corrected chi connectivity index (χ2v) is 5.89. The van der Waals surface area contributed by atoms with Crippen molar-refractivity contribution < 1.29 is 14.7 Å². The summed E-state index contributed by atoms with van der Waals surface area (Å²) < 4.78 is 0. The third kappa shape index (κ3) is 4.45. The molecule has 1 unspecified atom stereocenters. The Hall–Kier alpha value is -1.59. The predicted octanol–water partition coefficient (Wildman–Crippen LogP) is 1.97. The van der Waals surface area contributed by atoms with Crippen molar-refractivity contribution in [1.82, 2.24) is 5.32 Å². The molecule has 0 aliphatic carbocycles. The number of nitrogens with one attached hydrogen (secondary N) is 1. The number of nitrogens with zero attached hydrogens (tertiary/aromatic N) is 1. The second kappa shape index (κ2) is 8.15. The number of anilines is 1. The third-order valence-electron chi connectivity index (χ3n) is 3.77. The molecule has 1 aliphatic rings. The minimum Gasteiger partial charge on any atom is -0.396 e. The Morgan fingerprint density at radius 2 is 2.00 bits per heavy atom. The van der Waals surface area contributed by atoms with Gasteiger partial charge in [0.25, 0.3) is 0 Å². The summed E-state index contributed by atoms with van der Waals surface area (Å²) >= 11 is 5.84. The van der Waals surface area contributed by atoms with Gasteiger partial charge in [-0.15, -0.1) is 0 Å². The molecule has 120 valence electrons. The number of amides is 2. The van der Waals surface area contributed by atoms with Gasteiger partial charge in [0.1, 0.15) is 0 Å². The molecule has 2 amide bonds. The molecule has 1 aliphatic heterocycles. The molecular weight excluding hydrogens is 304 g/mol. The van der Waals surface area contributed by atoms with E-state index in [-0.39, 0.29) is 30.8 Å². The normalized spacial score (nSPS) is 17.8. The van der Waals surface area contributed by atoms with Crippen LogP contribution in [0.3, 0.4) is 0 Å². The lowest BCUT2D eigenvalue weighted by molar-refractivity contribution is -0.126. The van der Waals surface area contributed by atoms with Crippen LogP contribution in [-0.4, -0.2) is 36.6 Å². The van der Waals surface area contributed by atoms with Gasteiger partial charge in [-0.2, -0.15) is 0 Å². The van der Waals surface area contributed by atoms with Gasteiger partial charge in [-0.1, -0.05) is 11.6 Å². The zero-order chi connectivity index (χ0) is 15.9. The van der Waals surface area contributed by atoms with Crippen molar-refractivity contribution in [3.05, 3.63) is 29.3 Å². The molecule has 0 spiro atoms. The monoisotopic (exact) mass is 324 g/mol. The predicted molar refractivity (Wildman–Crippen MR) is 85.9 cm³/mol. The van der Waals surface area contributed by atoms with E-state index in [1.807, 2.05) is 0 Å². The van der Waals surface area contributed by atoms with E-state index in [2.05, 4.69) is 5.32 Å². The Balaban J connectivity index is 1.83. The number of aliphatic hydroxyl groups is 1. The van der Waals surface area contributed by atoms with Gasteiger partial charge in [0.2, 0.25) is 11.8 Å². The van der Waals surface area contributed by atoms with Gasteiger partial charge in [-0.05, 0) is 43.5 Å². The lowest BCUT2D eigenvalue weighted by Gasteiger charge is -2.16. The molecule has 1 fully saturated rings. The number of unbranched alkanes of at least 4 members (excludes halogenated alkanes) is 2. The van der Waals surface area contributed by atoms with Crippen LogP contribution >= 0.6 is 11.6 Å². The molecule has 22 heavy (non-hydrogen) atoms. The van der Waals surface area contributed by atoms with Gasteiger partial charge in [0, 0.05) is 36.8 Å². The number of carbonyl (C=O) groups is 2. The maximum atomic E-state index is 12.1. The van der Waals surface area contributed by atoms with Crippen molar-refractivity contribution in [2.75, 3.05) is 24.6 Å². The highest BCUT2D eigenvalue weighted by Gasteiger charge is 2.34. The van der Waals surface area contributed by atoms with E-state index in [9.17, 15) is 9.59 Å². The van der Waals surface area contributed by atoms with E-state index in [1.54, 1.807) is 29.2 Å². The first-order valence-electron chi connectivity index (χ1n) is 7.56. The molecule has 0 radical (unpaired) electrons. The number of hydrogen-bond donors (Lipinski definition) is 2. The Morgan fingerprint density at radius 3 is 2.68 bits per heavy atom. The first-order valence-corrected chi connectivity index (χ1v) is 7.94. The van der Waals surface area contributed by atoms with Crippen molar-refractivity contribution in [3.8, 4) is 0 Å². The fourth-order valence-corrected chi connectivity index (χ4v) is 2.65. The molecule has 1 heterocycles. The van der Waals surface area contributed by atoms with Crippen LogP contribution in [0, 0.1) is 5.92 Å². The average molecular weight is 325 g/mol. The molecule has 1 saturated heterocycles. The molecule has 1 atom stereocenters. The Morgan fingerprint density at radius 1 is 1.27 bits per heavy atom. The number of benzene rings is 1. The fraction of sp³-hybridized carbons (Fsp3) is 0.500. The maximum Gasteiger partial charge on any atom is 0.227 e. The summed E-state index contributed by atoms with van der Waals surface area (Å²) in [4.78, 5) is 25.8. The summed E-state index contributed by atoms with van der Waals surface area (Å²) in [5.74, 6) is -0.419. The highest BCUT2D eigenvalue weighted by molar-refractivity contribution is 6.30. The number of hydrogen-bond acceptors (Lipinski definition) is 3. The highest BCUT2D eigenvalue weighted by atomic mass is 35.5. The van der Waals surface area contributed by atoms with Crippen LogP contribution < -0.4 is 10.2 Å². The van der Waals surface area contributed by atoms with Crippen LogP contribution in [0.25, 0.3) is 0 Å². The van der Waals surface area contributed by atoms with E-state index in [0.29, 0.717) is 18.1 Å². The van der Waals surface area contributed by atoms with Gasteiger partial charge < -0.3 is 15.3 Å². The van der Waals surface area contributed by atoms with Crippen LogP contribution in [0.5, 0.6) is 0 Å². The summed E-state index contributed by atoms with van der Waals surface area (Å²) in [6.07, 6.45) is 2.72. The smallest absolute Gasteiger partial charge is 0.227 e. The lowest BCUT2D eigenvalue weighted by atomic mass is 10.1. The molecule has 5 nitrogen and oxygen atoms in total. The average Bonchev–Trinajstić information content (AvgIpc) is 2.90. The summed E-state index contributed by atoms with van der Waals surface area (Å²) in [6.45, 7) is 1.18. The Labute approximate surface area is 135 Å². The minimum absolute atomic E-state index is 0.0391. The molecule has 1 aromatic rings. The largest absolute Gasteiger partial charge is 0.396 e. The van der Waals surface area contributed by atoms with Crippen LogP contribution in [0.15, 0.2) is 24.3 Å². The summed E-state index contributed by atoms with van der Waals surface area (Å²) in [5.41, 5.74) is 0.771. The van der Waals surface area contributed by atoms with Crippen LogP contribution in [-0.2, 0) is 9.59 Å². The van der Waals surface area contributed by atoms with E-state index >= 15 is 0 Å². The molecule has 2 rings (SSSR count). The summed E-state index contributed by atoms with van der Waals surface area (Å²) in [7, 11) is 0. The lowest BCUT2D eigenvalue weighted by Crippen LogP contribution is -2.33. The molecule has 1 aromatic carbocycles. The Bertz CT molecular complexity index is 519. The molecule has 6 heteroatoms. The first-order chi connectivity index (χ1) is 10.6. The SMILES string of the molecule is O=C(NCCCCCO)C1CC(=O)N(c2ccc(Cl)cc2)C1. The quantitative estimate of drug-likeness (QED) is 0.753. The zero-order valence-electron chi connectivity index (χ0n) is 12.4. The van der Waals surface area contributed by atoms with Gasteiger partial charge in [-0.25, -0.2) is 0 Å². The van der Waals surface area contributed by atoms with Crippen molar-refractivity contribution in [1.29, 1.82) is 0 Å². The van der Waals surface area contributed by atoms with Crippen molar-refractivity contribution >= 4 is 29.1 Å². The minimum atomic E-state index is -0.305. The Kier molecular flexibility index (Phi) is 6.21. The third-order valence-corrected chi connectivity index (χ3v) is 4.02. The van der Waals surface area contributed by atoms with E-state index in [0.717, 1.165) is 24.9 Å². The van der Waals surface area contributed by atoms with Crippen LogP contribution in [0.4, 0.5) is 5.69 Å². The van der Waals surface area contributed by atoms with Crippen molar-refractivity contribution in [3.63, 3.8) is 0 Å². The van der Waals surface area contributed by atoms with E-state index in [1.165, 1.54) is 0 Å². The topological polar surface area (TPSA) is 69.6 Å². The summed E-state index contributed by atoms with van der Waals surface area (Å²) in [5, 5.41) is 12.2. The number of carbonyl (C=O) groups excluding carboxylic acids is 2. The molecule has 0 bridgehead atoms. The zero-order valence-corrected chi connectivity index (χ0v) is 13.2. The molecular formula is C16H21ClN2O3. The number of aliphatic hydroxyl groups excluding tert-OH is 1. The van der Waals surface area contributed by atoms with Gasteiger partial charge >= 0.3 is 0 Å². The van der Waals surface area contributed by atoms with E-state index in [4.69, 9.17) is 16.7 Å². The van der Waals surface area contributed by atoms with Crippen LogP contribution in [0.1, 0.15) is 25.7 Å². The maximum absolute atomic E-state index is 12.1. The molecule has 2 N–H and O–H groups in total. The number of rotatable bonds is 7. The van der Waals surface area contributed by atoms with Crippen molar-refractivity contribution in [2.45, 2.75) is 25.7 Å². The van der Waals surface area contributed by atoms with Gasteiger partial charge in [-0.3, -0.25) is 9.59 Å². The number of halogens is 1. The molecule has 0 aromatic heterocycles. The van der Waals surface area contributed by atoms with Gasteiger partial charge in [0.05, 0.1) is 5.92 Å². The standard InChI is InChI=1S/C16H21ClN2O3/c17-13-4-6-14(7-5-13)19-11-12(10-15(19)21)16(22)18-8-2-1-3-9-20/h4-7,12,20H,1-3,8-11H2,(H,18,22). The first kappa shape index (κ1) is 16.8. The van der Waals surface area contributed by atoms with E-state index < -0.39 is 0 Å².